The molecule has 0 unspecified atom stereocenters. The van der Waals surface area contributed by atoms with Crippen LogP contribution in [0.1, 0.15) is 25.6 Å². The van der Waals surface area contributed by atoms with Gasteiger partial charge >= 0.3 is 0 Å². The molecule has 126 valence electrons. The summed E-state index contributed by atoms with van der Waals surface area (Å²) < 4.78 is 12.1. The van der Waals surface area contributed by atoms with Crippen LogP contribution < -0.4 is 4.74 Å². The molecule has 0 bridgehead atoms. The molecule has 0 aliphatic heterocycles. The van der Waals surface area contributed by atoms with E-state index in [1.807, 2.05) is 24.3 Å². The average Bonchev–Trinajstić information content (AvgIpc) is 3.21. The van der Waals surface area contributed by atoms with Crippen LogP contribution in [-0.2, 0) is 12.2 Å². The van der Waals surface area contributed by atoms with Crippen molar-refractivity contribution in [1.29, 1.82) is 0 Å². The lowest BCUT2D eigenvalue weighted by Gasteiger charge is -2.04. The van der Waals surface area contributed by atoms with Crippen molar-refractivity contribution in [3.05, 3.63) is 36.0 Å². The molecule has 0 amide bonds. The highest BCUT2D eigenvalue weighted by Gasteiger charge is 2.13. The van der Waals surface area contributed by atoms with Crippen molar-refractivity contribution < 1.29 is 9.26 Å². The van der Waals surface area contributed by atoms with Crippen LogP contribution in [0.15, 0.2) is 33.9 Å². The summed E-state index contributed by atoms with van der Waals surface area (Å²) in [6.07, 6.45) is 0.803. The van der Waals surface area contributed by atoms with E-state index in [9.17, 15) is 0 Å². The van der Waals surface area contributed by atoms with Crippen LogP contribution in [0.4, 0.5) is 0 Å². The monoisotopic (exact) mass is 346 g/mol. The topological polar surface area (TPSA) is 91.8 Å². The number of nitrogens with zero attached hydrogens (tertiary/aromatic N) is 6. The highest BCUT2D eigenvalue weighted by molar-refractivity contribution is 7.98. The van der Waals surface area contributed by atoms with E-state index in [0.29, 0.717) is 22.7 Å². The summed E-state index contributed by atoms with van der Waals surface area (Å²) in [5, 5.41) is 16.5. The van der Waals surface area contributed by atoms with E-state index in [-0.39, 0.29) is 0 Å². The van der Waals surface area contributed by atoms with Crippen molar-refractivity contribution >= 4 is 11.8 Å². The summed E-state index contributed by atoms with van der Waals surface area (Å²) in [6.45, 7) is 4.24. The van der Waals surface area contributed by atoms with Crippen LogP contribution in [0.2, 0.25) is 0 Å². The summed E-state index contributed by atoms with van der Waals surface area (Å²) in [5.41, 5.74) is 0.856. The van der Waals surface area contributed by atoms with Crippen molar-refractivity contribution in [3.63, 3.8) is 0 Å². The molecule has 0 saturated carbocycles. The van der Waals surface area contributed by atoms with Gasteiger partial charge < -0.3 is 9.26 Å². The largest absolute Gasteiger partial charge is 0.497 e. The third kappa shape index (κ3) is 3.91. The zero-order chi connectivity index (χ0) is 16.9. The lowest BCUT2D eigenvalue weighted by atomic mass is 10.1. The first-order valence-corrected chi connectivity index (χ1v) is 8.51. The van der Waals surface area contributed by atoms with Gasteiger partial charge in [0.2, 0.25) is 11.0 Å². The lowest BCUT2D eigenvalue weighted by Crippen LogP contribution is -1.99. The van der Waals surface area contributed by atoms with E-state index in [1.165, 1.54) is 11.8 Å². The molecule has 0 aliphatic rings. The van der Waals surface area contributed by atoms with E-state index in [0.717, 1.165) is 23.7 Å². The third-order valence-corrected chi connectivity index (χ3v) is 4.09. The number of rotatable bonds is 7. The summed E-state index contributed by atoms with van der Waals surface area (Å²) >= 11 is 1.44. The van der Waals surface area contributed by atoms with E-state index >= 15 is 0 Å². The van der Waals surface area contributed by atoms with Gasteiger partial charge in [0.15, 0.2) is 5.82 Å². The van der Waals surface area contributed by atoms with E-state index < -0.39 is 0 Å². The maximum absolute atomic E-state index is 5.26. The number of aromatic nitrogens is 6. The Morgan fingerprint density at radius 2 is 2.04 bits per heavy atom. The Labute approximate surface area is 143 Å². The second-order valence-electron chi connectivity index (χ2n) is 5.56. The molecule has 9 heteroatoms. The smallest absolute Gasteiger partial charge is 0.237 e. The number of hydrogen-bond donors (Lipinski definition) is 0. The molecule has 0 radical (unpaired) electrons. The molecule has 24 heavy (non-hydrogen) atoms. The molecule has 1 aromatic carbocycles. The summed E-state index contributed by atoms with van der Waals surface area (Å²) in [7, 11) is 1.63. The van der Waals surface area contributed by atoms with Gasteiger partial charge in [-0.2, -0.15) is 9.67 Å². The first-order valence-electron chi connectivity index (χ1n) is 7.52. The summed E-state index contributed by atoms with van der Waals surface area (Å²) in [4.78, 5) is 4.38. The maximum Gasteiger partial charge on any atom is 0.237 e. The molecule has 0 spiro atoms. The van der Waals surface area contributed by atoms with E-state index in [4.69, 9.17) is 9.26 Å². The molecule has 3 aromatic rings. The first-order chi connectivity index (χ1) is 11.7. The first kappa shape index (κ1) is 16.4. The number of benzene rings is 1. The second kappa shape index (κ2) is 7.43. The fourth-order valence-corrected chi connectivity index (χ4v) is 2.81. The number of methoxy groups -OCH3 is 1. The molecule has 2 heterocycles. The van der Waals surface area contributed by atoms with Crippen molar-refractivity contribution in [2.45, 2.75) is 31.2 Å². The van der Waals surface area contributed by atoms with Crippen LogP contribution in [0.3, 0.4) is 0 Å². The zero-order valence-corrected chi connectivity index (χ0v) is 14.5. The lowest BCUT2D eigenvalue weighted by molar-refractivity contribution is 0.382. The predicted octanol–water partition coefficient (Wildman–Crippen LogP) is 2.54. The van der Waals surface area contributed by atoms with Crippen LogP contribution >= 0.6 is 11.8 Å². The highest BCUT2D eigenvalue weighted by Crippen LogP contribution is 2.23. The fourth-order valence-electron chi connectivity index (χ4n) is 2.08. The summed E-state index contributed by atoms with van der Waals surface area (Å²) in [6, 6.07) is 7.52. The number of ether oxygens (including phenoxy) is 1. The molecule has 0 N–H and O–H groups in total. The second-order valence-corrected chi connectivity index (χ2v) is 6.50. The van der Waals surface area contributed by atoms with Crippen LogP contribution in [0.25, 0.3) is 5.69 Å². The van der Waals surface area contributed by atoms with Gasteiger partial charge in [-0.05, 0) is 40.6 Å². The Bertz CT molecular complexity index is 783. The van der Waals surface area contributed by atoms with Gasteiger partial charge in [0.1, 0.15) is 5.75 Å². The van der Waals surface area contributed by atoms with Crippen LogP contribution in [0.5, 0.6) is 5.75 Å². The van der Waals surface area contributed by atoms with Gasteiger partial charge in [0.25, 0.3) is 0 Å². The van der Waals surface area contributed by atoms with Crippen LogP contribution in [0, 0.1) is 5.92 Å². The predicted molar refractivity (Wildman–Crippen MR) is 88.1 cm³/mol. The van der Waals surface area contributed by atoms with Gasteiger partial charge in [0.05, 0.1) is 18.6 Å². The van der Waals surface area contributed by atoms with Crippen molar-refractivity contribution in [2.24, 2.45) is 5.92 Å². The molecule has 8 nitrogen and oxygen atoms in total. The Kier molecular flexibility index (Phi) is 5.09. The maximum atomic E-state index is 5.26. The normalized spacial score (nSPS) is 11.2. The minimum Gasteiger partial charge on any atom is -0.497 e. The molecule has 2 aromatic heterocycles. The van der Waals surface area contributed by atoms with Crippen molar-refractivity contribution in [3.8, 4) is 11.4 Å². The molecule has 0 aliphatic carbocycles. The standard InChI is InChI=1S/C15H18N6O2S/c1-10(2)8-13-16-14(23-18-13)9-24-15-17-19-20-21(15)11-4-6-12(22-3)7-5-11/h4-7,10H,8-9H2,1-3H3. The Balaban J connectivity index is 1.68. The highest BCUT2D eigenvalue weighted by atomic mass is 32.2. The Morgan fingerprint density at radius 1 is 1.25 bits per heavy atom. The Hall–Kier alpha value is -2.42. The Morgan fingerprint density at radius 3 is 2.75 bits per heavy atom. The number of hydrogen-bond acceptors (Lipinski definition) is 8. The minimum atomic E-state index is 0.491. The van der Waals surface area contributed by atoms with Gasteiger partial charge in [-0.25, -0.2) is 0 Å². The SMILES string of the molecule is COc1ccc(-n2nnnc2SCc2nc(CC(C)C)no2)cc1. The molecule has 0 atom stereocenters. The molecular formula is C15H18N6O2S. The van der Waals surface area contributed by atoms with E-state index in [1.54, 1.807) is 11.8 Å². The van der Waals surface area contributed by atoms with Crippen molar-refractivity contribution in [1.82, 2.24) is 30.3 Å². The number of thioether (sulfide) groups is 1. The average molecular weight is 346 g/mol. The summed E-state index contributed by atoms with van der Waals surface area (Å²) in [5.74, 6) is 3.09. The van der Waals surface area contributed by atoms with Crippen LogP contribution in [-0.4, -0.2) is 37.5 Å². The molecular weight excluding hydrogens is 328 g/mol. The molecule has 0 saturated heterocycles. The number of tetrazole rings is 1. The molecule has 0 fully saturated rings. The molecule has 3 rings (SSSR count). The zero-order valence-electron chi connectivity index (χ0n) is 13.7. The fraction of sp³-hybridized carbons (Fsp3) is 0.400. The van der Waals surface area contributed by atoms with Gasteiger partial charge in [-0.15, -0.1) is 5.10 Å². The van der Waals surface area contributed by atoms with Crippen molar-refractivity contribution in [2.75, 3.05) is 7.11 Å². The quantitative estimate of drug-likeness (QED) is 0.603. The van der Waals surface area contributed by atoms with Gasteiger partial charge in [-0.3, -0.25) is 0 Å². The van der Waals surface area contributed by atoms with E-state index in [2.05, 4.69) is 39.5 Å². The van der Waals surface area contributed by atoms with Gasteiger partial charge in [0, 0.05) is 6.42 Å². The third-order valence-electron chi connectivity index (χ3n) is 3.18. The minimum absolute atomic E-state index is 0.491. The van der Waals surface area contributed by atoms with Gasteiger partial charge in [-0.1, -0.05) is 30.8 Å².